The Morgan fingerprint density at radius 1 is 1.45 bits per heavy atom. The lowest BCUT2D eigenvalue weighted by molar-refractivity contribution is -0.138. The zero-order valence-corrected chi connectivity index (χ0v) is 11.3. The molecule has 1 rings (SSSR count). The molecule has 1 aromatic rings. The minimum absolute atomic E-state index is 0.0177. The van der Waals surface area contributed by atoms with Crippen LogP contribution in [0, 0.1) is 5.92 Å². The van der Waals surface area contributed by atoms with Crippen molar-refractivity contribution < 1.29 is 22.7 Å². The van der Waals surface area contributed by atoms with Gasteiger partial charge in [-0.25, -0.2) is 0 Å². The summed E-state index contributed by atoms with van der Waals surface area (Å²) in [6.45, 7) is 1.54. The van der Waals surface area contributed by atoms with Crippen LogP contribution in [0.15, 0.2) is 18.2 Å². The second-order valence-electron chi connectivity index (χ2n) is 4.38. The van der Waals surface area contributed by atoms with E-state index in [0.717, 1.165) is 6.07 Å². The predicted molar refractivity (Wildman–Crippen MR) is 68.1 cm³/mol. The number of hydrogen-bond acceptors (Lipinski definition) is 3. The number of rotatable bonds is 5. The van der Waals surface area contributed by atoms with Gasteiger partial charge in [0, 0.05) is 19.0 Å². The van der Waals surface area contributed by atoms with Crippen molar-refractivity contribution in [2.75, 3.05) is 13.7 Å². The molecule has 3 N–H and O–H groups in total. The second-order valence-corrected chi connectivity index (χ2v) is 4.38. The van der Waals surface area contributed by atoms with Crippen LogP contribution >= 0.6 is 0 Å². The first kappa shape index (κ1) is 16.3. The Hall–Kier alpha value is -1.76. The number of nitrogens with two attached hydrogens (primary N) is 1. The summed E-state index contributed by atoms with van der Waals surface area (Å²) in [5, 5.41) is 2.44. The molecular formula is C13H17F3N2O2. The van der Waals surface area contributed by atoms with E-state index in [0.29, 0.717) is 0 Å². The van der Waals surface area contributed by atoms with E-state index in [9.17, 15) is 18.0 Å². The van der Waals surface area contributed by atoms with Crippen molar-refractivity contribution >= 4 is 5.91 Å². The Kier molecular flexibility index (Phi) is 5.38. The maximum absolute atomic E-state index is 12.9. The molecule has 112 valence electrons. The molecule has 0 aromatic heterocycles. The van der Waals surface area contributed by atoms with Gasteiger partial charge in [0.2, 0.25) is 5.91 Å². The van der Waals surface area contributed by atoms with E-state index >= 15 is 0 Å². The highest BCUT2D eigenvalue weighted by Crippen LogP contribution is 2.34. The third-order valence-corrected chi connectivity index (χ3v) is 2.88. The van der Waals surface area contributed by atoms with E-state index in [4.69, 9.17) is 10.5 Å². The Morgan fingerprint density at radius 3 is 2.60 bits per heavy atom. The topological polar surface area (TPSA) is 64.3 Å². The van der Waals surface area contributed by atoms with Crippen molar-refractivity contribution in [3.8, 4) is 5.75 Å². The maximum atomic E-state index is 12.9. The van der Waals surface area contributed by atoms with Crippen LogP contribution in [-0.4, -0.2) is 19.6 Å². The molecule has 0 aliphatic rings. The summed E-state index contributed by atoms with van der Waals surface area (Å²) < 4.78 is 43.6. The largest absolute Gasteiger partial charge is 0.497 e. The van der Waals surface area contributed by atoms with Crippen LogP contribution in [0.3, 0.4) is 0 Å². The molecule has 0 aliphatic heterocycles. The van der Waals surface area contributed by atoms with Crippen LogP contribution in [0.4, 0.5) is 13.2 Å². The van der Waals surface area contributed by atoms with Crippen LogP contribution in [0.2, 0.25) is 0 Å². The first-order chi connectivity index (χ1) is 9.29. The molecule has 1 atom stereocenters. The highest BCUT2D eigenvalue weighted by Gasteiger charge is 2.33. The Bertz CT molecular complexity index is 475. The van der Waals surface area contributed by atoms with Gasteiger partial charge in [-0.1, -0.05) is 13.0 Å². The minimum Gasteiger partial charge on any atom is -0.497 e. The van der Waals surface area contributed by atoms with Crippen molar-refractivity contribution in [3.05, 3.63) is 29.3 Å². The number of ether oxygens (including phenoxy) is 1. The van der Waals surface area contributed by atoms with E-state index in [1.807, 2.05) is 0 Å². The van der Waals surface area contributed by atoms with Gasteiger partial charge in [0.15, 0.2) is 0 Å². The number of methoxy groups -OCH3 is 1. The summed E-state index contributed by atoms with van der Waals surface area (Å²) in [6, 6.07) is 3.62. The fourth-order valence-corrected chi connectivity index (χ4v) is 1.56. The third-order valence-electron chi connectivity index (χ3n) is 2.88. The van der Waals surface area contributed by atoms with Crippen molar-refractivity contribution in [1.29, 1.82) is 0 Å². The van der Waals surface area contributed by atoms with Gasteiger partial charge in [0.1, 0.15) is 5.75 Å². The Morgan fingerprint density at radius 2 is 2.10 bits per heavy atom. The Balaban J connectivity index is 2.92. The normalized spacial score (nSPS) is 12.9. The summed E-state index contributed by atoms with van der Waals surface area (Å²) in [7, 11) is 1.29. The minimum atomic E-state index is -4.51. The maximum Gasteiger partial charge on any atom is 0.416 e. The molecule has 1 amide bonds. The average Bonchev–Trinajstić information content (AvgIpc) is 2.42. The molecule has 4 nitrogen and oxygen atoms in total. The number of amides is 1. The molecule has 0 heterocycles. The summed E-state index contributed by atoms with van der Waals surface area (Å²) >= 11 is 0. The molecule has 1 aromatic carbocycles. The SMILES string of the molecule is COc1ccc(CNC(=O)C(C)CN)c(C(F)(F)F)c1. The number of nitrogens with one attached hydrogen (secondary N) is 1. The van der Waals surface area contributed by atoms with Crippen LogP contribution in [0.1, 0.15) is 18.1 Å². The monoisotopic (exact) mass is 290 g/mol. The smallest absolute Gasteiger partial charge is 0.416 e. The van der Waals surface area contributed by atoms with Gasteiger partial charge in [-0.05, 0) is 17.7 Å². The molecule has 0 aliphatic carbocycles. The van der Waals surface area contributed by atoms with Crippen LogP contribution in [-0.2, 0) is 17.5 Å². The van der Waals surface area contributed by atoms with Crippen molar-refractivity contribution in [1.82, 2.24) is 5.32 Å². The number of benzene rings is 1. The molecular weight excluding hydrogens is 273 g/mol. The van der Waals surface area contributed by atoms with E-state index in [-0.39, 0.29) is 30.3 Å². The van der Waals surface area contributed by atoms with Crippen LogP contribution in [0.25, 0.3) is 0 Å². The average molecular weight is 290 g/mol. The van der Waals surface area contributed by atoms with E-state index < -0.39 is 17.7 Å². The summed E-state index contributed by atoms with van der Waals surface area (Å²) in [4.78, 5) is 11.5. The van der Waals surface area contributed by atoms with Gasteiger partial charge >= 0.3 is 6.18 Å². The fraction of sp³-hybridized carbons (Fsp3) is 0.462. The molecule has 20 heavy (non-hydrogen) atoms. The summed E-state index contributed by atoms with van der Waals surface area (Å²) in [6.07, 6.45) is -4.51. The van der Waals surface area contributed by atoms with Crippen molar-refractivity contribution in [2.45, 2.75) is 19.6 Å². The number of carbonyl (C=O) groups is 1. The lowest BCUT2D eigenvalue weighted by Gasteiger charge is -2.16. The molecule has 1 unspecified atom stereocenters. The summed E-state index contributed by atoms with van der Waals surface area (Å²) in [5.74, 6) is -0.707. The summed E-state index contributed by atoms with van der Waals surface area (Å²) in [5.41, 5.74) is 4.48. The number of hydrogen-bond donors (Lipinski definition) is 2. The third kappa shape index (κ3) is 4.12. The zero-order valence-electron chi connectivity index (χ0n) is 11.3. The number of carbonyl (C=O) groups excluding carboxylic acids is 1. The van der Waals surface area contributed by atoms with E-state index in [2.05, 4.69) is 5.32 Å². The van der Waals surface area contributed by atoms with Crippen LogP contribution < -0.4 is 15.8 Å². The first-order valence-electron chi connectivity index (χ1n) is 6.01. The van der Waals surface area contributed by atoms with Crippen molar-refractivity contribution in [2.24, 2.45) is 11.7 Å². The van der Waals surface area contributed by atoms with Gasteiger partial charge in [-0.3, -0.25) is 4.79 Å². The lowest BCUT2D eigenvalue weighted by atomic mass is 10.1. The lowest BCUT2D eigenvalue weighted by Crippen LogP contribution is -2.33. The van der Waals surface area contributed by atoms with Gasteiger partial charge in [-0.2, -0.15) is 13.2 Å². The zero-order chi connectivity index (χ0) is 15.3. The van der Waals surface area contributed by atoms with E-state index in [1.165, 1.54) is 19.2 Å². The molecule has 0 fully saturated rings. The predicted octanol–water partition coefficient (Wildman–Crippen LogP) is 1.92. The molecule has 0 spiro atoms. The van der Waals surface area contributed by atoms with Gasteiger partial charge in [0.25, 0.3) is 0 Å². The highest BCUT2D eigenvalue weighted by atomic mass is 19.4. The number of alkyl halides is 3. The van der Waals surface area contributed by atoms with Gasteiger partial charge in [-0.15, -0.1) is 0 Å². The fourth-order valence-electron chi connectivity index (χ4n) is 1.56. The Labute approximate surface area is 115 Å². The van der Waals surface area contributed by atoms with E-state index in [1.54, 1.807) is 6.92 Å². The first-order valence-corrected chi connectivity index (χ1v) is 6.01. The number of halogens is 3. The molecule has 0 saturated heterocycles. The quantitative estimate of drug-likeness (QED) is 0.871. The van der Waals surface area contributed by atoms with Crippen LogP contribution in [0.5, 0.6) is 5.75 Å². The molecule has 0 radical (unpaired) electrons. The standard InChI is InChI=1S/C13H17F3N2O2/c1-8(6-17)12(19)18-7-9-3-4-10(20-2)5-11(9)13(14,15)16/h3-5,8H,6-7,17H2,1-2H3,(H,18,19). The van der Waals surface area contributed by atoms with Gasteiger partial charge < -0.3 is 15.8 Å². The molecule has 0 bridgehead atoms. The second kappa shape index (κ2) is 6.60. The highest BCUT2D eigenvalue weighted by molar-refractivity contribution is 5.78. The van der Waals surface area contributed by atoms with Gasteiger partial charge in [0.05, 0.1) is 12.7 Å². The molecule has 7 heteroatoms. The van der Waals surface area contributed by atoms with Crippen molar-refractivity contribution in [3.63, 3.8) is 0 Å². The molecule has 0 saturated carbocycles.